The molecule has 1 aromatic carbocycles. The predicted molar refractivity (Wildman–Crippen MR) is 80.3 cm³/mol. The molecule has 1 N–H and O–H groups in total. The lowest BCUT2D eigenvalue weighted by Gasteiger charge is -2.04. The number of aryl methyl sites for hydroxylation is 1. The smallest absolute Gasteiger partial charge is 0.183 e. The van der Waals surface area contributed by atoms with Gasteiger partial charge in [0, 0.05) is 12.7 Å². The first-order valence-corrected chi connectivity index (χ1v) is 7.29. The monoisotopic (exact) mass is 260 g/mol. The summed E-state index contributed by atoms with van der Waals surface area (Å²) in [5, 5.41) is 4.38. The minimum Gasteiger partial charge on any atom is -0.361 e. The minimum absolute atomic E-state index is 0.640. The third kappa shape index (κ3) is 3.33. The van der Waals surface area contributed by atoms with Crippen molar-refractivity contribution >= 4 is 16.5 Å². The molecule has 0 amide bonds. The van der Waals surface area contributed by atoms with Crippen molar-refractivity contribution in [3.63, 3.8) is 0 Å². The van der Waals surface area contributed by atoms with Crippen LogP contribution in [-0.2, 0) is 6.42 Å². The molecule has 2 aromatic rings. The molecule has 0 aliphatic rings. The van der Waals surface area contributed by atoms with E-state index >= 15 is 0 Å². The van der Waals surface area contributed by atoms with Gasteiger partial charge in [0.05, 0.1) is 4.88 Å². The summed E-state index contributed by atoms with van der Waals surface area (Å²) in [5.41, 5.74) is 2.63. The van der Waals surface area contributed by atoms with Crippen LogP contribution < -0.4 is 5.32 Å². The van der Waals surface area contributed by atoms with Crippen molar-refractivity contribution in [1.29, 1.82) is 0 Å². The number of rotatable bonds is 5. The highest BCUT2D eigenvalue weighted by Gasteiger charge is 2.04. The van der Waals surface area contributed by atoms with Gasteiger partial charge in [-0.25, -0.2) is 4.98 Å². The summed E-state index contributed by atoms with van der Waals surface area (Å²) >= 11 is 1.72. The normalized spacial score (nSPS) is 10.9. The van der Waals surface area contributed by atoms with E-state index in [1.807, 2.05) is 6.20 Å². The van der Waals surface area contributed by atoms with Crippen LogP contribution in [0.4, 0.5) is 5.13 Å². The fraction of sp³-hybridized carbons (Fsp3) is 0.400. The summed E-state index contributed by atoms with van der Waals surface area (Å²) in [5.74, 6) is 0.640. The van der Waals surface area contributed by atoms with Crippen molar-refractivity contribution < 1.29 is 0 Å². The molecule has 0 spiro atoms. The maximum Gasteiger partial charge on any atom is 0.183 e. The first kappa shape index (κ1) is 13.1. The van der Waals surface area contributed by atoms with Crippen LogP contribution in [-0.4, -0.2) is 11.5 Å². The van der Waals surface area contributed by atoms with Gasteiger partial charge in [0.15, 0.2) is 5.13 Å². The van der Waals surface area contributed by atoms with Crippen molar-refractivity contribution in [2.24, 2.45) is 5.92 Å². The van der Waals surface area contributed by atoms with Crippen LogP contribution in [0.15, 0.2) is 30.5 Å². The molecule has 2 nitrogen and oxygen atoms in total. The molecular weight excluding hydrogens is 240 g/mol. The molecule has 0 bridgehead atoms. The molecule has 0 saturated heterocycles. The van der Waals surface area contributed by atoms with E-state index in [1.54, 1.807) is 11.3 Å². The van der Waals surface area contributed by atoms with Gasteiger partial charge in [0.25, 0.3) is 0 Å². The zero-order valence-electron chi connectivity index (χ0n) is 11.2. The lowest BCUT2D eigenvalue weighted by Crippen LogP contribution is -2.07. The first-order valence-electron chi connectivity index (χ1n) is 6.48. The lowest BCUT2D eigenvalue weighted by atomic mass is 10.1. The Labute approximate surface area is 113 Å². The first-order chi connectivity index (χ1) is 8.69. The molecule has 18 heavy (non-hydrogen) atoms. The molecule has 2 rings (SSSR count). The van der Waals surface area contributed by atoms with Crippen molar-refractivity contribution in [3.8, 4) is 10.4 Å². The predicted octanol–water partition coefficient (Wildman–Crippen LogP) is 4.44. The van der Waals surface area contributed by atoms with E-state index in [0.29, 0.717) is 5.92 Å². The molecule has 0 aliphatic heterocycles. The van der Waals surface area contributed by atoms with Crippen LogP contribution in [0.25, 0.3) is 10.4 Å². The molecule has 1 heterocycles. The Balaban J connectivity index is 2.08. The number of nitrogens with one attached hydrogen (secondary N) is 1. The Kier molecular flexibility index (Phi) is 4.37. The number of anilines is 1. The van der Waals surface area contributed by atoms with Gasteiger partial charge in [-0.05, 0) is 23.5 Å². The van der Waals surface area contributed by atoms with Gasteiger partial charge in [-0.1, -0.05) is 56.4 Å². The second-order valence-electron chi connectivity index (χ2n) is 4.85. The van der Waals surface area contributed by atoms with Crippen LogP contribution in [0.1, 0.15) is 26.3 Å². The van der Waals surface area contributed by atoms with Crippen molar-refractivity contribution in [2.45, 2.75) is 27.2 Å². The number of hydrogen-bond donors (Lipinski definition) is 1. The van der Waals surface area contributed by atoms with Crippen molar-refractivity contribution in [3.05, 3.63) is 36.0 Å². The largest absolute Gasteiger partial charge is 0.361 e. The Morgan fingerprint density at radius 2 is 1.94 bits per heavy atom. The number of benzene rings is 1. The molecule has 1 aromatic heterocycles. The molecule has 96 valence electrons. The molecule has 0 atom stereocenters. The lowest BCUT2D eigenvalue weighted by molar-refractivity contribution is 0.688. The zero-order valence-corrected chi connectivity index (χ0v) is 12.1. The average molecular weight is 260 g/mol. The molecule has 3 heteroatoms. The van der Waals surface area contributed by atoms with E-state index in [0.717, 1.165) is 18.1 Å². The van der Waals surface area contributed by atoms with Crippen molar-refractivity contribution in [2.75, 3.05) is 11.9 Å². The van der Waals surface area contributed by atoms with E-state index in [-0.39, 0.29) is 0 Å². The second kappa shape index (κ2) is 6.01. The minimum atomic E-state index is 0.640. The second-order valence-corrected chi connectivity index (χ2v) is 5.89. The van der Waals surface area contributed by atoms with Gasteiger partial charge in [-0.3, -0.25) is 0 Å². The maximum atomic E-state index is 4.41. The Morgan fingerprint density at radius 3 is 2.56 bits per heavy atom. The molecular formula is C15H20N2S. The highest BCUT2D eigenvalue weighted by molar-refractivity contribution is 7.18. The van der Waals surface area contributed by atoms with Crippen LogP contribution in [0.3, 0.4) is 0 Å². The van der Waals surface area contributed by atoms with Crippen LogP contribution in [0.5, 0.6) is 0 Å². The van der Waals surface area contributed by atoms with Gasteiger partial charge in [0.1, 0.15) is 0 Å². The van der Waals surface area contributed by atoms with E-state index in [4.69, 9.17) is 0 Å². The fourth-order valence-electron chi connectivity index (χ4n) is 1.69. The summed E-state index contributed by atoms with van der Waals surface area (Å²) in [6.07, 6.45) is 3.04. The summed E-state index contributed by atoms with van der Waals surface area (Å²) in [6, 6.07) is 8.74. The van der Waals surface area contributed by atoms with Gasteiger partial charge in [-0.15, -0.1) is 0 Å². The average Bonchev–Trinajstić information content (AvgIpc) is 2.85. The fourth-order valence-corrected chi connectivity index (χ4v) is 2.51. The Morgan fingerprint density at radius 1 is 1.22 bits per heavy atom. The molecule has 0 radical (unpaired) electrons. The highest BCUT2D eigenvalue weighted by atomic mass is 32.1. The van der Waals surface area contributed by atoms with E-state index < -0.39 is 0 Å². The zero-order chi connectivity index (χ0) is 13.0. The summed E-state index contributed by atoms with van der Waals surface area (Å²) < 4.78 is 0. The highest BCUT2D eigenvalue weighted by Crippen LogP contribution is 2.29. The SMILES string of the molecule is CCc1ccc(-c2cnc(NCC(C)C)s2)cc1. The molecule has 0 unspecified atom stereocenters. The Hall–Kier alpha value is -1.35. The number of hydrogen-bond acceptors (Lipinski definition) is 3. The standard InChI is InChI=1S/C15H20N2S/c1-4-12-5-7-13(8-6-12)14-10-17-15(18-14)16-9-11(2)3/h5-8,10-11H,4,9H2,1-3H3,(H,16,17). The topological polar surface area (TPSA) is 24.9 Å². The Bertz CT molecular complexity index is 485. The van der Waals surface area contributed by atoms with Crippen molar-refractivity contribution in [1.82, 2.24) is 4.98 Å². The van der Waals surface area contributed by atoms with Gasteiger partial charge in [0.2, 0.25) is 0 Å². The van der Waals surface area contributed by atoms with Gasteiger partial charge in [-0.2, -0.15) is 0 Å². The van der Waals surface area contributed by atoms with Gasteiger partial charge >= 0.3 is 0 Å². The van der Waals surface area contributed by atoms with E-state index in [9.17, 15) is 0 Å². The number of nitrogens with zero attached hydrogens (tertiary/aromatic N) is 1. The van der Waals surface area contributed by atoms with E-state index in [1.165, 1.54) is 16.0 Å². The summed E-state index contributed by atoms with van der Waals surface area (Å²) in [7, 11) is 0. The van der Waals surface area contributed by atoms with Gasteiger partial charge < -0.3 is 5.32 Å². The quantitative estimate of drug-likeness (QED) is 0.859. The van der Waals surface area contributed by atoms with Crippen LogP contribution in [0.2, 0.25) is 0 Å². The molecule has 0 saturated carbocycles. The van der Waals surface area contributed by atoms with Crippen LogP contribution in [0, 0.1) is 5.92 Å². The van der Waals surface area contributed by atoms with Crippen LogP contribution >= 0.6 is 11.3 Å². The molecule has 0 aliphatic carbocycles. The third-order valence-electron chi connectivity index (χ3n) is 2.81. The molecule has 0 fully saturated rings. The maximum absolute atomic E-state index is 4.41. The summed E-state index contributed by atoms with van der Waals surface area (Å²) in [4.78, 5) is 5.64. The third-order valence-corrected chi connectivity index (χ3v) is 3.82. The number of aromatic nitrogens is 1. The van der Waals surface area contributed by atoms with E-state index in [2.05, 4.69) is 55.3 Å². The number of thiazole rings is 1. The summed E-state index contributed by atoms with van der Waals surface area (Å²) in [6.45, 7) is 7.55.